The van der Waals surface area contributed by atoms with Crippen LogP contribution in [0.2, 0.25) is 0 Å². The van der Waals surface area contributed by atoms with E-state index in [-0.39, 0.29) is 0 Å². The summed E-state index contributed by atoms with van der Waals surface area (Å²) in [5.74, 6) is -0.677. The zero-order valence-corrected chi connectivity index (χ0v) is 19.9. The lowest BCUT2D eigenvalue weighted by Crippen LogP contribution is -2.38. The Bertz CT molecular complexity index is 1080. The first kappa shape index (κ1) is 24.3. The van der Waals surface area contributed by atoms with Gasteiger partial charge in [0, 0.05) is 29.6 Å². The van der Waals surface area contributed by atoms with Crippen LogP contribution < -0.4 is 15.0 Å². The molecule has 0 aliphatic rings. The molecule has 2 N–H and O–H groups in total. The topological polar surface area (TPSA) is 91.8 Å². The second-order valence-electron chi connectivity index (χ2n) is 7.72. The molecule has 0 radical (unpaired) electrons. The van der Waals surface area contributed by atoms with Crippen LogP contribution in [0, 0.1) is 0 Å². The van der Waals surface area contributed by atoms with Crippen molar-refractivity contribution in [1.82, 2.24) is 10.3 Å². The van der Waals surface area contributed by atoms with Crippen LogP contribution in [0.4, 0.5) is 5.13 Å². The van der Waals surface area contributed by atoms with Crippen molar-refractivity contribution in [1.29, 1.82) is 0 Å². The number of aromatic nitrogens is 1. The minimum atomic E-state index is -1.07. The van der Waals surface area contributed by atoms with Gasteiger partial charge in [-0.25, -0.2) is 4.98 Å². The Kier molecular flexibility index (Phi) is 8.43. The number of carbonyl (C=O) groups excluding carboxylic acids is 1. The molecule has 0 spiro atoms. The quantitative estimate of drug-likeness (QED) is 0.420. The Morgan fingerprint density at radius 3 is 2.58 bits per heavy atom. The molecular weight excluding hydrogens is 438 g/mol. The second-order valence-corrected chi connectivity index (χ2v) is 8.56. The zero-order valence-electron chi connectivity index (χ0n) is 19.1. The Labute approximate surface area is 198 Å². The number of ether oxygens (including phenoxy) is 1. The number of amides is 1. The molecule has 1 atom stereocenters. The minimum Gasteiger partial charge on any atom is -0.496 e. The third kappa shape index (κ3) is 6.32. The molecule has 3 aromatic rings. The number of para-hydroxylation sites is 1. The van der Waals surface area contributed by atoms with E-state index in [1.165, 1.54) is 6.92 Å². The Hall–Kier alpha value is -3.39. The van der Waals surface area contributed by atoms with Crippen molar-refractivity contribution in [3.05, 3.63) is 65.0 Å². The van der Waals surface area contributed by atoms with Gasteiger partial charge in [0.05, 0.1) is 12.8 Å². The molecule has 0 aliphatic heterocycles. The summed E-state index contributed by atoms with van der Waals surface area (Å²) in [5.41, 5.74) is 3.32. The first-order valence-electron chi connectivity index (χ1n) is 10.9. The monoisotopic (exact) mass is 467 g/mol. The molecule has 0 fully saturated rings. The number of thiazole rings is 1. The number of rotatable bonds is 11. The molecule has 1 aromatic heterocycles. The highest BCUT2D eigenvalue weighted by Crippen LogP contribution is 2.33. The molecule has 8 heteroatoms. The van der Waals surface area contributed by atoms with Crippen molar-refractivity contribution in [2.75, 3.05) is 18.6 Å². The number of methoxy groups -OCH3 is 1. The number of nitrogens with one attached hydrogen (secondary N) is 1. The van der Waals surface area contributed by atoms with Gasteiger partial charge in [0.15, 0.2) is 5.13 Å². The van der Waals surface area contributed by atoms with Crippen molar-refractivity contribution in [3.8, 4) is 17.0 Å². The Morgan fingerprint density at radius 1 is 1.18 bits per heavy atom. The summed E-state index contributed by atoms with van der Waals surface area (Å²) in [6.45, 7) is 5.12. The van der Waals surface area contributed by atoms with Gasteiger partial charge in [-0.15, -0.1) is 11.3 Å². The van der Waals surface area contributed by atoms with Gasteiger partial charge >= 0.3 is 5.97 Å². The van der Waals surface area contributed by atoms with Gasteiger partial charge in [-0.3, -0.25) is 9.59 Å². The van der Waals surface area contributed by atoms with Gasteiger partial charge in [-0.05, 0) is 43.2 Å². The number of hydrogen-bond acceptors (Lipinski definition) is 6. The number of unbranched alkanes of at least 4 members (excludes halogenated alkanes) is 1. The number of benzene rings is 2. The predicted molar refractivity (Wildman–Crippen MR) is 131 cm³/mol. The van der Waals surface area contributed by atoms with Crippen LogP contribution in [-0.2, 0) is 11.3 Å². The maximum atomic E-state index is 12.2. The molecule has 7 nitrogen and oxygen atoms in total. The molecule has 0 saturated heterocycles. The number of carboxylic acids is 1. The number of nitrogens with zero attached hydrogens (tertiary/aromatic N) is 2. The Morgan fingerprint density at radius 2 is 1.91 bits per heavy atom. The van der Waals surface area contributed by atoms with E-state index in [1.54, 1.807) is 30.6 Å². The van der Waals surface area contributed by atoms with E-state index in [1.807, 2.05) is 41.8 Å². The van der Waals surface area contributed by atoms with Gasteiger partial charge in [-0.2, -0.15) is 0 Å². The summed E-state index contributed by atoms with van der Waals surface area (Å²) in [5, 5.41) is 14.4. The van der Waals surface area contributed by atoms with Crippen LogP contribution >= 0.6 is 11.3 Å². The van der Waals surface area contributed by atoms with Crippen molar-refractivity contribution in [3.63, 3.8) is 0 Å². The summed E-state index contributed by atoms with van der Waals surface area (Å²) < 4.78 is 5.48. The second kappa shape index (κ2) is 11.5. The lowest BCUT2D eigenvalue weighted by Gasteiger charge is -2.22. The van der Waals surface area contributed by atoms with E-state index in [4.69, 9.17) is 14.8 Å². The molecule has 0 aliphatic carbocycles. The predicted octanol–water partition coefficient (Wildman–Crippen LogP) is 4.83. The van der Waals surface area contributed by atoms with Crippen LogP contribution in [0.5, 0.6) is 5.75 Å². The zero-order chi connectivity index (χ0) is 23.8. The van der Waals surface area contributed by atoms with E-state index in [0.717, 1.165) is 47.1 Å². The molecule has 33 heavy (non-hydrogen) atoms. The minimum absolute atomic E-state index is 0.402. The van der Waals surface area contributed by atoms with E-state index >= 15 is 0 Å². The average molecular weight is 468 g/mol. The van der Waals surface area contributed by atoms with Gasteiger partial charge in [0.2, 0.25) is 0 Å². The van der Waals surface area contributed by atoms with Crippen molar-refractivity contribution < 1.29 is 19.4 Å². The first-order valence-corrected chi connectivity index (χ1v) is 11.8. The molecule has 2 aromatic carbocycles. The Balaban J connectivity index is 1.76. The molecular formula is C25H29N3O4S. The van der Waals surface area contributed by atoms with Crippen LogP contribution in [0.25, 0.3) is 11.3 Å². The number of carbonyl (C=O) groups is 2. The average Bonchev–Trinajstić information content (AvgIpc) is 3.32. The fourth-order valence-electron chi connectivity index (χ4n) is 3.30. The van der Waals surface area contributed by atoms with E-state index in [9.17, 15) is 9.59 Å². The lowest BCUT2D eigenvalue weighted by molar-refractivity contribution is -0.138. The van der Waals surface area contributed by atoms with Gasteiger partial charge in [-0.1, -0.05) is 37.6 Å². The smallest absolute Gasteiger partial charge is 0.325 e. The van der Waals surface area contributed by atoms with E-state index < -0.39 is 17.9 Å². The molecule has 1 heterocycles. The van der Waals surface area contributed by atoms with Crippen LogP contribution in [-0.4, -0.2) is 41.7 Å². The largest absolute Gasteiger partial charge is 0.496 e. The van der Waals surface area contributed by atoms with Crippen LogP contribution in [0.3, 0.4) is 0 Å². The molecule has 0 saturated carbocycles. The number of hydrogen-bond donors (Lipinski definition) is 2. The van der Waals surface area contributed by atoms with Gasteiger partial charge in [0.25, 0.3) is 5.91 Å². The fourth-order valence-corrected chi connectivity index (χ4v) is 4.16. The van der Waals surface area contributed by atoms with Gasteiger partial charge < -0.3 is 20.1 Å². The highest BCUT2D eigenvalue weighted by molar-refractivity contribution is 7.14. The highest BCUT2D eigenvalue weighted by atomic mass is 32.1. The van der Waals surface area contributed by atoms with Crippen molar-refractivity contribution in [2.45, 2.75) is 39.3 Å². The number of anilines is 1. The summed E-state index contributed by atoms with van der Waals surface area (Å²) in [4.78, 5) is 30.3. The molecule has 1 amide bonds. The van der Waals surface area contributed by atoms with Crippen LogP contribution in [0.15, 0.2) is 53.9 Å². The summed E-state index contributed by atoms with van der Waals surface area (Å²) >= 11 is 1.60. The highest BCUT2D eigenvalue weighted by Gasteiger charge is 2.17. The maximum Gasteiger partial charge on any atom is 0.325 e. The van der Waals surface area contributed by atoms with Crippen molar-refractivity contribution >= 4 is 28.3 Å². The van der Waals surface area contributed by atoms with Gasteiger partial charge in [0.1, 0.15) is 11.8 Å². The molecule has 1 unspecified atom stereocenters. The third-order valence-corrected chi connectivity index (χ3v) is 6.14. The number of aliphatic carboxylic acids is 1. The lowest BCUT2D eigenvalue weighted by atomic mass is 10.1. The van der Waals surface area contributed by atoms with Crippen LogP contribution in [0.1, 0.15) is 42.6 Å². The first-order chi connectivity index (χ1) is 15.9. The third-order valence-electron chi connectivity index (χ3n) is 5.23. The normalized spacial score (nSPS) is 11.6. The molecule has 3 rings (SSSR count). The van der Waals surface area contributed by atoms with E-state index in [2.05, 4.69) is 17.1 Å². The SMILES string of the molecule is CCCCN(Cc1ccc(C(=O)NC(C)C(=O)O)cc1)c1nc(-c2ccccc2OC)cs1. The fraction of sp³-hybridized carbons (Fsp3) is 0.320. The molecule has 0 bridgehead atoms. The van der Waals surface area contributed by atoms with Crippen molar-refractivity contribution in [2.24, 2.45) is 0 Å². The van der Waals surface area contributed by atoms with E-state index in [0.29, 0.717) is 12.1 Å². The summed E-state index contributed by atoms with van der Waals surface area (Å²) in [6, 6.07) is 14.1. The standard InChI is InChI=1S/C25H29N3O4S/c1-4-5-14-28(25-27-21(16-33-25)20-8-6-7-9-22(20)32-3)15-18-10-12-19(13-11-18)23(29)26-17(2)24(30)31/h6-13,16-17H,4-5,14-15H2,1-3H3,(H,26,29)(H,30,31). The summed E-state index contributed by atoms with van der Waals surface area (Å²) in [7, 11) is 1.66. The summed E-state index contributed by atoms with van der Waals surface area (Å²) in [6.07, 6.45) is 2.11. The molecule has 174 valence electrons. The maximum absolute atomic E-state index is 12.2. The number of carboxylic acid groups (broad SMARTS) is 1.